The number of likely N-dealkylation sites (N-methyl/N-ethyl adjacent to an activating group) is 1. The number of methoxy groups -OCH3 is 1. The maximum Gasteiger partial charge on any atom is 0.337 e. The molecule has 0 bridgehead atoms. The number of amides is 2. The van der Waals surface area contributed by atoms with Gasteiger partial charge in [0.05, 0.1) is 19.2 Å². The van der Waals surface area contributed by atoms with E-state index in [-0.39, 0.29) is 30.9 Å². The highest BCUT2D eigenvalue weighted by molar-refractivity contribution is 5.89. The zero-order valence-corrected chi connectivity index (χ0v) is 15.3. The van der Waals surface area contributed by atoms with E-state index in [1.54, 1.807) is 24.3 Å². The van der Waals surface area contributed by atoms with Crippen LogP contribution in [0.4, 0.5) is 0 Å². The fraction of sp³-hybridized carbons (Fsp3) is 0.500. The summed E-state index contributed by atoms with van der Waals surface area (Å²) in [5.41, 5.74) is 1.35. The number of hydrogen-bond donors (Lipinski definition) is 3. The molecule has 0 fully saturated rings. The van der Waals surface area contributed by atoms with Crippen LogP contribution in [0.2, 0.25) is 0 Å². The van der Waals surface area contributed by atoms with Crippen LogP contribution < -0.4 is 15.5 Å². The first-order valence-electron chi connectivity index (χ1n) is 8.42. The summed E-state index contributed by atoms with van der Waals surface area (Å²) in [5, 5.41) is 5.66. The van der Waals surface area contributed by atoms with Gasteiger partial charge in [-0.15, -0.1) is 0 Å². The molecule has 0 aromatic heterocycles. The van der Waals surface area contributed by atoms with Crippen LogP contribution in [0.1, 0.15) is 36.7 Å². The number of quaternary nitrogens is 1. The van der Waals surface area contributed by atoms with Crippen molar-refractivity contribution in [1.82, 2.24) is 10.6 Å². The summed E-state index contributed by atoms with van der Waals surface area (Å²) in [4.78, 5) is 36.1. The number of carbonyl (C=O) groups excluding carboxylic acids is 3. The molecule has 0 radical (unpaired) electrons. The van der Waals surface area contributed by atoms with E-state index in [1.807, 2.05) is 20.8 Å². The average molecular weight is 350 g/mol. The number of esters is 1. The lowest BCUT2D eigenvalue weighted by molar-refractivity contribution is -0.881. The van der Waals surface area contributed by atoms with Gasteiger partial charge < -0.3 is 20.3 Å². The number of carbonyl (C=O) groups is 3. The van der Waals surface area contributed by atoms with Crippen LogP contribution in [0, 0.1) is 0 Å². The summed E-state index contributed by atoms with van der Waals surface area (Å²) in [6.45, 7) is 7.32. The lowest BCUT2D eigenvalue weighted by Crippen LogP contribution is -3.14. The lowest BCUT2D eigenvalue weighted by Gasteiger charge is -2.17. The van der Waals surface area contributed by atoms with Crippen LogP contribution in [0.3, 0.4) is 0 Å². The van der Waals surface area contributed by atoms with E-state index in [0.29, 0.717) is 18.7 Å². The summed E-state index contributed by atoms with van der Waals surface area (Å²) >= 11 is 0. The summed E-state index contributed by atoms with van der Waals surface area (Å²) in [6.07, 6.45) is 0. The minimum Gasteiger partial charge on any atom is -0.465 e. The SMILES string of the molecule is CC[NH+](CC(=O)NCc1ccc(C(=O)OC)cc1)CC(=O)NC(C)C. The van der Waals surface area contributed by atoms with Crippen molar-refractivity contribution in [3.05, 3.63) is 35.4 Å². The van der Waals surface area contributed by atoms with Gasteiger partial charge in [-0.2, -0.15) is 0 Å². The van der Waals surface area contributed by atoms with Gasteiger partial charge in [0.25, 0.3) is 11.8 Å². The molecule has 7 heteroatoms. The van der Waals surface area contributed by atoms with E-state index in [2.05, 4.69) is 15.4 Å². The van der Waals surface area contributed by atoms with Crippen molar-refractivity contribution in [2.75, 3.05) is 26.7 Å². The van der Waals surface area contributed by atoms with Gasteiger partial charge in [-0.1, -0.05) is 12.1 Å². The molecule has 0 spiro atoms. The van der Waals surface area contributed by atoms with Gasteiger partial charge in [0.1, 0.15) is 0 Å². The zero-order chi connectivity index (χ0) is 18.8. The van der Waals surface area contributed by atoms with Crippen LogP contribution in [-0.2, 0) is 20.9 Å². The molecule has 1 aromatic rings. The van der Waals surface area contributed by atoms with Gasteiger partial charge in [0, 0.05) is 12.6 Å². The Hall–Kier alpha value is -2.41. The predicted octanol–water partition coefficient (Wildman–Crippen LogP) is -0.481. The highest BCUT2D eigenvalue weighted by atomic mass is 16.5. The monoisotopic (exact) mass is 350 g/mol. The molecular formula is C18H28N3O4+. The quantitative estimate of drug-likeness (QED) is 0.525. The van der Waals surface area contributed by atoms with Crippen LogP contribution >= 0.6 is 0 Å². The Kier molecular flexibility index (Phi) is 8.63. The maximum atomic E-state index is 12.1. The zero-order valence-electron chi connectivity index (χ0n) is 15.3. The van der Waals surface area contributed by atoms with E-state index in [1.165, 1.54) is 7.11 Å². The van der Waals surface area contributed by atoms with Gasteiger partial charge in [-0.3, -0.25) is 9.59 Å². The minimum atomic E-state index is -0.391. The van der Waals surface area contributed by atoms with Crippen molar-refractivity contribution in [3.8, 4) is 0 Å². The minimum absolute atomic E-state index is 0.0574. The van der Waals surface area contributed by atoms with Gasteiger partial charge in [0.15, 0.2) is 13.1 Å². The number of benzene rings is 1. The maximum absolute atomic E-state index is 12.1. The number of hydrogen-bond acceptors (Lipinski definition) is 4. The molecule has 1 unspecified atom stereocenters. The first-order chi connectivity index (χ1) is 11.8. The first kappa shape index (κ1) is 20.6. The predicted molar refractivity (Wildman–Crippen MR) is 94.1 cm³/mol. The van der Waals surface area contributed by atoms with E-state index in [0.717, 1.165) is 10.5 Å². The molecule has 0 aliphatic carbocycles. The van der Waals surface area contributed by atoms with Crippen LogP contribution in [0.25, 0.3) is 0 Å². The molecule has 25 heavy (non-hydrogen) atoms. The summed E-state index contributed by atoms with van der Waals surface area (Å²) in [6, 6.07) is 6.95. The molecule has 3 N–H and O–H groups in total. The van der Waals surface area contributed by atoms with Crippen LogP contribution in [0.15, 0.2) is 24.3 Å². The topological polar surface area (TPSA) is 88.9 Å². The second-order valence-corrected chi connectivity index (χ2v) is 6.14. The van der Waals surface area contributed by atoms with E-state index in [9.17, 15) is 14.4 Å². The molecule has 0 heterocycles. The van der Waals surface area contributed by atoms with E-state index < -0.39 is 5.97 Å². The van der Waals surface area contributed by atoms with Crippen LogP contribution in [-0.4, -0.2) is 50.6 Å². The molecule has 0 saturated carbocycles. The highest BCUT2D eigenvalue weighted by Crippen LogP contribution is 2.05. The average Bonchev–Trinajstić information content (AvgIpc) is 2.58. The third-order valence-electron chi connectivity index (χ3n) is 3.64. The molecule has 0 aliphatic rings. The molecule has 0 saturated heterocycles. The molecule has 0 aliphatic heterocycles. The van der Waals surface area contributed by atoms with Crippen molar-refractivity contribution in [2.24, 2.45) is 0 Å². The summed E-state index contributed by atoms with van der Waals surface area (Å²) < 4.78 is 4.64. The van der Waals surface area contributed by atoms with Crippen molar-refractivity contribution in [3.63, 3.8) is 0 Å². The largest absolute Gasteiger partial charge is 0.465 e. The molecular weight excluding hydrogens is 322 g/mol. The van der Waals surface area contributed by atoms with Crippen molar-refractivity contribution >= 4 is 17.8 Å². The van der Waals surface area contributed by atoms with Gasteiger partial charge in [-0.25, -0.2) is 4.79 Å². The third kappa shape index (κ3) is 7.80. The van der Waals surface area contributed by atoms with Gasteiger partial charge >= 0.3 is 5.97 Å². The van der Waals surface area contributed by atoms with Gasteiger partial charge in [0.2, 0.25) is 0 Å². The van der Waals surface area contributed by atoms with Crippen molar-refractivity contribution < 1.29 is 24.0 Å². The molecule has 1 atom stereocenters. The first-order valence-corrected chi connectivity index (χ1v) is 8.42. The van der Waals surface area contributed by atoms with Crippen molar-refractivity contribution in [2.45, 2.75) is 33.4 Å². The number of ether oxygens (including phenoxy) is 1. The highest BCUT2D eigenvalue weighted by Gasteiger charge is 2.16. The van der Waals surface area contributed by atoms with Crippen molar-refractivity contribution in [1.29, 1.82) is 0 Å². The Morgan fingerprint density at radius 3 is 2.20 bits per heavy atom. The Morgan fingerprint density at radius 1 is 1.08 bits per heavy atom. The Bertz CT molecular complexity index is 584. The fourth-order valence-electron chi connectivity index (χ4n) is 2.28. The Labute approximate surface area is 148 Å². The molecule has 1 aromatic carbocycles. The molecule has 1 rings (SSSR count). The van der Waals surface area contributed by atoms with E-state index in [4.69, 9.17) is 0 Å². The number of nitrogens with one attached hydrogen (secondary N) is 3. The third-order valence-corrected chi connectivity index (χ3v) is 3.64. The normalized spacial score (nSPS) is 11.7. The smallest absolute Gasteiger partial charge is 0.337 e. The molecule has 138 valence electrons. The lowest BCUT2D eigenvalue weighted by atomic mass is 10.1. The number of rotatable bonds is 9. The summed E-state index contributed by atoms with van der Waals surface area (Å²) in [5.74, 6) is -0.568. The standard InChI is InChI=1S/C18H27N3O4/c1-5-21(12-17(23)20-13(2)3)11-16(22)19-10-14-6-8-15(9-7-14)18(24)25-4/h6-9,13H,5,10-12H2,1-4H3,(H,19,22)(H,20,23)/p+1. The second-order valence-electron chi connectivity index (χ2n) is 6.14. The Morgan fingerprint density at radius 2 is 1.68 bits per heavy atom. The van der Waals surface area contributed by atoms with Gasteiger partial charge in [-0.05, 0) is 38.5 Å². The fourth-order valence-corrected chi connectivity index (χ4v) is 2.28. The van der Waals surface area contributed by atoms with Crippen LogP contribution in [0.5, 0.6) is 0 Å². The van der Waals surface area contributed by atoms with E-state index >= 15 is 0 Å². The Balaban J connectivity index is 2.44. The molecule has 2 amide bonds. The molecule has 7 nitrogen and oxygen atoms in total. The summed E-state index contributed by atoms with van der Waals surface area (Å²) in [7, 11) is 1.33. The second kappa shape index (κ2) is 10.5.